The molecular formula is C8H13N5O2. The summed E-state index contributed by atoms with van der Waals surface area (Å²) < 4.78 is 5.29. The number of nitrogens with zero attached hydrogens (tertiary/aromatic N) is 2. The quantitative estimate of drug-likeness (QED) is 0.597. The van der Waals surface area contributed by atoms with Gasteiger partial charge >= 0.3 is 6.01 Å². The number of carbonyl (C=O) groups is 1. The molecule has 0 radical (unpaired) electrons. The Morgan fingerprint density at radius 1 is 1.60 bits per heavy atom. The van der Waals surface area contributed by atoms with Gasteiger partial charge in [0.2, 0.25) is 11.8 Å². The molecule has 1 amide bonds. The summed E-state index contributed by atoms with van der Waals surface area (Å²) in [6, 6.07) is 0.405. The van der Waals surface area contributed by atoms with E-state index >= 15 is 0 Å². The van der Waals surface area contributed by atoms with E-state index in [-0.39, 0.29) is 11.9 Å². The van der Waals surface area contributed by atoms with Crippen LogP contribution in [0.25, 0.3) is 0 Å². The number of nitrogens with one attached hydrogen (secondary N) is 3. The molecule has 82 valence electrons. The van der Waals surface area contributed by atoms with Gasteiger partial charge in [-0.05, 0) is 7.05 Å². The van der Waals surface area contributed by atoms with Crippen LogP contribution in [0.4, 0.5) is 6.01 Å². The second kappa shape index (κ2) is 4.26. The summed E-state index contributed by atoms with van der Waals surface area (Å²) >= 11 is 0. The van der Waals surface area contributed by atoms with Crippen LogP contribution >= 0.6 is 0 Å². The first kappa shape index (κ1) is 9.91. The smallest absolute Gasteiger partial charge is 0.315 e. The molecule has 7 heteroatoms. The topological polar surface area (TPSA) is 92.1 Å². The molecule has 0 saturated carbocycles. The van der Waals surface area contributed by atoms with Gasteiger partial charge < -0.3 is 20.4 Å². The molecule has 0 aromatic carbocycles. The van der Waals surface area contributed by atoms with Gasteiger partial charge in [0.1, 0.15) is 0 Å². The van der Waals surface area contributed by atoms with Crippen molar-refractivity contribution in [3.63, 3.8) is 0 Å². The summed E-state index contributed by atoms with van der Waals surface area (Å²) in [5, 5.41) is 16.3. The summed E-state index contributed by atoms with van der Waals surface area (Å²) in [6.07, 6.45) is 0.448. The summed E-state index contributed by atoms with van der Waals surface area (Å²) in [5.41, 5.74) is 0. The molecule has 1 saturated heterocycles. The zero-order chi connectivity index (χ0) is 10.7. The fraction of sp³-hybridized carbons (Fsp3) is 0.625. The van der Waals surface area contributed by atoms with Crippen LogP contribution in [-0.2, 0) is 11.3 Å². The Hall–Kier alpha value is -1.63. The molecule has 1 unspecified atom stereocenters. The molecule has 7 nitrogen and oxygen atoms in total. The van der Waals surface area contributed by atoms with Crippen molar-refractivity contribution in [2.24, 2.45) is 0 Å². The van der Waals surface area contributed by atoms with Crippen molar-refractivity contribution in [1.82, 2.24) is 20.8 Å². The van der Waals surface area contributed by atoms with Crippen LogP contribution in [0.2, 0.25) is 0 Å². The van der Waals surface area contributed by atoms with Crippen LogP contribution in [0.3, 0.4) is 0 Å². The highest BCUT2D eigenvalue weighted by atomic mass is 16.4. The molecule has 1 aliphatic heterocycles. The van der Waals surface area contributed by atoms with E-state index in [2.05, 4.69) is 26.1 Å². The van der Waals surface area contributed by atoms with Gasteiger partial charge in [0.15, 0.2) is 0 Å². The van der Waals surface area contributed by atoms with Crippen molar-refractivity contribution in [3.8, 4) is 0 Å². The van der Waals surface area contributed by atoms with E-state index in [4.69, 9.17) is 4.42 Å². The van der Waals surface area contributed by atoms with E-state index in [1.165, 1.54) is 0 Å². The van der Waals surface area contributed by atoms with Gasteiger partial charge in [-0.2, -0.15) is 0 Å². The maximum atomic E-state index is 10.9. The summed E-state index contributed by atoms with van der Waals surface area (Å²) in [5.74, 6) is 0.569. The molecule has 2 heterocycles. The Balaban J connectivity index is 1.90. The zero-order valence-electron chi connectivity index (χ0n) is 8.41. The van der Waals surface area contributed by atoms with E-state index < -0.39 is 0 Å². The summed E-state index contributed by atoms with van der Waals surface area (Å²) in [6.45, 7) is 1.14. The van der Waals surface area contributed by atoms with E-state index in [0.29, 0.717) is 31.4 Å². The molecule has 0 bridgehead atoms. The Bertz CT molecular complexity index is 351. The van der Waals surface area contributed by atoms with Crippen LogP contribution in [0.1, 0.15) is 12.3 Å². The van der Waals surface area contributed by atoms with Crippen LogP contribution in [-0.4, -0.2) is 35.7 Å². The molecule has 1 atom stereocenters. The molecule has 0 spiro atoms. The Morgan fingerprint density at radius 2 is 2.47 bits per heavy atom. The van der Waals surface area contributed by atoms with Crippen molar-refractivity contribution in [3.05, 3.63) is 5.89 Å². The standard InChI is InChI=1S/C8H13N5O2/c1-9-4-7-12-13-8(15-7)11-5-2-6(14)10-3-5/h5,9H,2-4H2,1H3,(H,10,14)(H,11,13). The van der Waals surface area contributed by atoms with Crippen LogP contribution in [0, 0.1) is 0 Å². The van der Waals surface area contributed by atoms with Crippen LogP contribution < -0.4 is 16.0 Å². The molecule has 1 fully saturated rings. The van der Waals surface area contributed by atoms with Gasteiger partial charge in [-0.25, -0.2) is 0 Å². The predicted molar refractivity (Wildman–Crippen MR) is 52.1 cm³/mol. The SMILES string of the molecule is CNCc1nnc(NC2CNC(=O)C2)o1. The van der Waals surface area contributed by atoms with Crippen molar-refractivity contribution >= 4 is 11.9 Å². The summed E-state index contributed by atoms with van der Waals surface area (Å²) in [7, 11) is 1.80. The highest BCUT2D eigenvalue weighted by Crippen LogP contribution is 2.10. The number of rotatable bonds is 4. The fourth-order valence-electron chi connectivity index (χ4n) is 1.42. The average Bonchev–Trinajstić information content (AvgIpc) is 2.78. The molecule has 3 N–H and O–H groups in total. The Labute approximate surface area is 86.6 Å². The highest BCUT2D eigenvalue weighted by molar-refractivity contribution is 5.79. The number of aromatic nitrogens is 2. The van der Waals surface area contributed by atoms with Crippen molar-refractivity contribution in [1.29, 1.82) is 0 Å². The van der Waals surface area contributed by atoms with Crippen LogP contribution in [0.15, 0.2) is 4.42 Å². The average molecular weight is 211 g/mol. The first-order valence-corrected chi connectivity index (χ1v) is 4.78. The van der Waals surface area contributed by atoms with E-state index in [1.807, 2.05) is 0 Å². The Morgan fingerprint density at radius 3 is 3.13 bits per heavy atom. The first-order chi connectivity index (χ1) is 7.28. The predicted octanol–water partition coefficient (Wildman–Crippen LogP) is -0.911. The number of amides is 1. The number of hydrogen-bond donors (Lipinski definition) is 3. The van der Waals surface area contributed by atoms with E-state index in [0.717, 1.165) is 0 Å². The lowest BCUT2D eigenvalue weighted by molar-refractivity contribution is -0.119. The zero-order valence-corrected chi connectivity index (χ0v) is 8.41. The van der Waals surface area contributed by atoms with Crippen molar-refractivity contribution < 1.29 is 9.21 Å². The number of carbonyl (C=O) groups excluding carboxylic acids is 1. The van der Waals surface area contributed by atoms with Gasteiger partial charge in [0, 0.05) is 13.0 Å². The third-order valence-electron chi connectivity index (χ3n) is 2.10. The highest BCUT2D eigenvalue weighted by Gasteiger charge is 2.22. The van der Waals surface area contributed by atoms with Crippen molar-refractivity contribution in [2.45, 2.75) is 19.0 Å². The summed E-state index contributed by atoms with van der Waals surface area (Å²) in [4.78, 5) is 10.9. The second-order valence-corrected chi connectivity index (χ2v) is 3.38. The largest absolute Gasteiger partial charge is 0.407 e. The maximum absolute atomic E-state index is 10.9. The van der Waals surface area contributed by atoms with Gasteiger partial charge in [-0.15, -0.1) is 5.10 Å². The molecular weight excluding hydrogens is 198 g/mol. The fourth-order valence-corrected chi connectivity index (χ4v) is 1.42. The first-order valence-electron chi connectivity index (χ1n) is 4.78. The molecule has 0 aliphatic carbocycles. The minimum atomic E-state index is 0.0420. The monoisotopic (exact) mass is 211 g/mol. The lowest BCUT2D eigenvalue weighted by Gasteiger charge is -2.05. The van der Waals surface area contributed by atoms with Crippen LogP contribution in [0.5, 0.6) is 0 Å². The molecule has 15 heavy (non-hydrogen) atoms. The second-order valence-electron chi connectivity index (χ2n) is 3.38. The molecule has 1 aromatic rings. The normalized spacial score (nSPS) is 20.3. The third-order valence-corrected chi connectivity index (χ3v) is 2.10. The van der Waals surface area contributed by atoms with Gasteiger partial charge in [-0.1, -0.05) is 5.10 Å². The number of hydrogen-bond acceptors (Lipinski definition) is 6. The van der Waals surface area contributed by atoms with Gasteiger partial charge in [0.25, 0.3) is 0 Å². The molecule has 1 aliphatic rings. The maximum Gasteiger partial charge on any atom is 0.315 e. The lowest BCUT2D eigenvalue weighted by Crippen LogP contribution is -2.22. The Kier molecular flexibility index (Phi) is 2.82. The molecule has 1 aromatic heterocycles. The van der Waals surface area contributed by atoms with Gasteiger partial charge in [0.05, 0.1) is 12.6 Å². The van der Waals surface area contributed by atoms with Crippen molar-refractivity contribution in [2.75, 3.05) is 18.9 Å². The van der Waals surface area contributed by atoms with Gasteiger partial charge in [-0.3, -0.25) is 4.79 Å². The van der Waals surface area contributed by atoms with E-state index in [9.17, 15) is 4.79 Å². The lowest BCUT2D eigenvalue weighted by atomic mass is 10.3. The minimum Gasteiger partial charge on any atom is -0.407 e. The van der Waals surface area contributed by atoms with E-state index in [1.54, 1.807) is 7.05 Å². The minimum absolute atomic E-state index is 0.0420. The number of anilines is 1. The molecule has 2 rings (SSSR count). The third kappa shape index (κ3) is 2.44.